The van der Waals surface area contributed by atoms with Crippen LogP contribution in [-0.2, 0) is 33.8 Å². The molecule has 0 aliphatic carbocycles. The van der Waals surface area contributed by atoms with E-state index in [4.69, 9.17) is 9.84 Å². The molecule has 0 saturated carbocycles. The van der Waals surface area contributed by atoms with E-state index >= 15 is 0 Å². The van der Waals surface area contributed by atoms with Crippen LogP contribution in [0.15, 0.2) is 12.3 Å². The van der Waals surface area contributed by atoms with Crippen molar-refractivity contribution in [2.24, 2.45) is 0 Å². The van der Waals surface area contributed by atoms with Crippen molar-refractivity contribution in [2.75, 3.05) is 20.8 Å². The summed E-state index contributed by atoms with van der Waals surface area (Å²) < 4.78 is 11.5. The predicted molar refractivity (Wildman–Crippen MR) is 58.0 cm³/mol. The number of esters is 1. The predicted octanol–water partition coefficient (Wildman–Crippen LogP) is 0.342. The largest absolute Gasteiger partial charge is 0.469 e. The lowest BCUT2D eigenvalue weighted by molar-refractivity contribution is -0.139. The summed E-state index contributed by atoms with van der Waals surface area (Å²) in [6, 6.07) is 1.88. The summed E-state index contributed by atoms with van der Waals surface area (Å²) in [5, 5.41) is 8.91. The molecule has 0 amide bonds. The quantitative estimate of drug-likeness (QED) is 0.712. The van der Waals surface area contributed by atoms with E-state index in [1.165, 1.54) is 7.11 Å². The van der Waals surface area contributed by atoms with Crippen molar-refractivity contribution < 1.29 is 19.4 Å². The van der Waals surface area contributed by atoms with Gasteiger partial charge in [-0.05, 0) is 11.6 Å². The van der Waals surface area contributed by atoms with Crippen molar-refractivity contribution in [3.8, 4) is 0 Å². The minimum Gasteiger partial charge on any atom is -0.469 e. The number of hydrogen-bond donors (Lipinski definition) is 1. The zero-order chi connectivity index (χ0) is 12.0. The highest BCUT2D eigenvalue weighted by Crippen LogP contribution is 2.11. The monoisotopic (exact) mass is 227 g/mol. The van der Waals surface area contributed by atoms with Crippen molar-refractivity contribution in [3.05, 3.63) is 23.5 Å². The average molecular weight is 227 g/mol. The van der Waals surface area contributed by atoms with Crippen LogP contribution in [0.25, 0.3) is 0 Å². The molecule has 0 aliphatic rings. The Morgan fingerprint density at radius 3 is 2.81 bits per heavy atom. The molecule has 0 spiro atoms. The second-order valence-corrected chi connectivity index (χ2v) is 3.44. The van der Waals surface area contributed by atoms with Gasteiger partial charge in [-0.25, -0.2) is 0 Å². The number of ether oxygens (including phenoxy) is 2. The van der Waals surface area contributed by atoms with Crippen molar-refractivity contribution in [1.29, 1.82) is 0 Å². The molecule has 0 radical (unpaired) electrons. The zero-order valence-corrected chi connectivity index (χ0v) is 9.60. The van der Waals surface area contributed by atoms with Gasteiger partial charge in [-0.2, -0.15) is 0 Å². The Morgan fingerprint density at radius 2 is 2.25 bits per heavy atom. The third-order valence-corrected chi connectivity index (χ3v) is 2.25. The van der Waals surface area contributed by atoms with E-state index in [-0.39, 0.29) is 19.0 Å². The molecule has 0 aliphatic heterocycles. The SMILES string of the molecule is COCc1cc(CC(=O)OC)n(CCO)c1. The van der Waals surface area contributed by atoms with Crippen molar-refractivity contribution in [3.63, 3.8) is 0 Å². The van der Waals surface area contributed by atoms with E-state index in [1.807, 2.05) is 16.8 Å². The van der Waals surface area contributed by atoms with Crippen LogP contribution in [0.2, 0.25) is 0 Å². The number of rotatable bonds is 6. The normalized spacial score (nSPS) is 10.4. The molecule has 16 heavy (non-hydrogen) atoms. The van der Waals surface area contributed by atoms with Gasteiger partial charge in [0.2, 0.25) is 0 Å². The summed E-state index contributed by atoms with van der Waals surface area (Å²) in [4.78, 5) is 11.2. The van der Waals surface area contributed by atoms with Crippen LogP contribution in [0.3, 0.4) is 0 Å². The molecule has 1 heterocycles. The fourth-order valence-corrected chi connectivity index (χ4v) is 1.55. The van der Waals surface area contributed by atoms with Gasteiger partial charge in [-0.1, -0.05) is 0 Å². The van der Waals surface area contributed by atoms with E-state index in [1.54, 1.807) is 7.11 Å². The highest BCUT2D eigenvalue weighted by atomic mass is 16.5. The van der Waals surface area contributed by atoms with Crippen LogP contribution in [0.4, 0.5) is 0 Å². The Morgan fingerprint density at radius 1 is 1.50 bits per heavy atom. The lowest BCUT2D eigenvalue weighted by Crippen LogP contribution is -2.11. The highest BCUT2D eigenvalue weighted by molar-refractivity contribution is 5.72. The molecule has 1 rings (SSSR count). The van der Waals surface area contributed by atoms with Gasteiger partial charge in [-0.3, -0.25) is 4.79 Å². The molecule has 0 unspecified atom stereocenters. The number of nitrogens with zero attached hydrogens (tertiary/aromatic N) is 1. The highest BCUT2D eigenvalue weighted by Gasteiger charge is 2.10. The van der Waals surface area contributed by atoms with Gasteiger partial charge in [0.1, 0.15) is 0 Å². The number of hydrogen-bond acceptors (Lipinski definition) is 4. The number of carbonyl (C=O) groups is 1. The van der Waals surface area contributed by atoms with Gasteiger partial charge >= 0.3 is 5.97 Å². The first-order valence-electron chi connectivity index (χ1n) is 5.05. The van der Waals surface area contributed by atoms with Gasteiger partial charge in [0.25, 0.3) is 0 Å². The summed E-state index contributed by atoms with van der Waals surface area (Å²) >= 11 is 0. The lowest BCUT2D eigenvalue weighted by atomic mass is 10.2. The third-order valence-electron chi connectivity index (χ3n) is 2.25. The lowest BCUT2D eigenvalue weighted by Gasteiger charge is -2.05. The van der Waals surface area contributed by atoms with Gasteiger partial charge in [0, 0.05) is 25.5 Å². The molecule has 5 nitrogen and oxygen atoms in total. The number of aromatic nitrogens is 1. The van der Waals surface area contributed by atoms with Crippen molar-refractivity contribution in [2.45, 2.75) is 19.6 Å². The van der Waals surface area contributed by atoms with E-state index in [9.17, 15) is 4.79 Å². The fourth-order valence-electron chi connectivity index (χ4n) is 1.55. The molecular formula is C11H17NO4. The van der Waals surface area contributed by atoms with Gasteiger partial charge in [0.15, 0.2) is 0 Å². The molecule has 0 aromatic carbocycles. The second-order valence-electron chi connectivity index (χ2n) is 3.44. The topological polar surface area (TPSA) is 60.7 Å². The molecule has 1 aromatic heterocycles. The fraction of sp³-hybridized carbons (Fsp3) is 0.545. The molecule has 0 fully saturated rings. The first-order chi connectivity index (χ1) is 7.71. The van der Waals surface area contributed by atoms with Gasteiger partial charge < -0.3 is 19.1 Å². The Labute approximate surface area is 94.6 Å². The molecule has 5 heteroatoms. The summed E-state index contributed by atoms with van der Waals surface area (Å²) in [5.41, 5.74) is 1.81. The first-order valence-corrected chi connectivity index (χ1v) is 5.05. The van der Waals surface area contributed by atoms with Crippen LogP contribution in [0, 0.1) is 0 Å². The maximum Gasteiger partial charge on any atom is 0.311 e. The van der Waals surface area contributed by atoms with Crippen LogP contribution in [0.1, 0.15) is 11.3 Å². The van der Waals surface area contributed by atoms with Crippen LogP contribution < -0.4 is 0 Å². The Kier molecular flexibility index (Phi) is 5.01. The van der Waals surface area contributed by atoms with Gasteiger partial charge in [0.05, 0.1) is 26.7 Å². The number of aliphatic hydroxyl groups is 1. The minimum atomic E-state index is -0.291. The summed E-state index contributed by atoms with van der Waals surface area (Å²) in [6.45, 7) is 0.998. The van der Waals surface area contributed by atoms with Crippen LogP contribution >= 0.6 is 0 Å². The zero-order valence-electron chi connectivity index (χ0n) is 9.60. The number of carbonyl (C=O) groups excluding carboxylic acids is 1. The maximum atomic E-state index is 11.2. The van der Waals surface area contributed by atoms with Crippen molar-refractivity contribution >= 4 is 5.97 Å². The first kappa shape index (κ1) is 12.7. The maximum absolute atomic E-state index is 11.2. The van der Waals surface area contributed by atoms with E-state index in [0.717, 1.165) is 11.3 Å². The molecular weight excluding hydrogens is 210 g/mol. The van der Waals surface area contributed by atoms with Crippen LogP contribution in [-0.4, -0.2) is 36.5 Å². The van der Waals surface area contributed by atoms with Crippen LogP contribution in [0.5, 0.6) is 0 Å². The minimum absolute atomic E-state index is 0.0370. The summed E-state index contributed by atoms with van der Waals surface area (Å²) in [6.07, 6.45) is 2.08. The summed E-state index contributed by atoms with van der Waals surface area (Å²) in [7, 11) is 2.97. The van der Waals surface area contributed by atoms with E-state index in [0.29, 0.717) is 13.2 Å². The van der Waals surface area contributed by atoms with Gasteiger partial charge in [-0.15, -0.1) is 0 Å². The Bertz CT molecular complexity index is 346. The third kappa shape index (κ3) is 3.36. The molecule has 1 N–H and O–H groups in total. The molecule has 0 bridgehead atoms. The Hall–Kier alpha value is -1.33. The average Bonchev–Trinajstić information content (AvgIpc) is 2.62. The second kappa shape index (κ2) is 6.30. The molecule has 90 valence electrons. The number of aliphatic hydroxyl groups excluding tert-OH is 1. The molecule has 0 saturated heterocycles. The standard InChI is InChI=1S/C11H17NO4/c1-15-8-9-5-10(6-11(14)16-2)12(7-9)3-4-13/h5,7,13H,3-4,6,8H2,1-2H3. The molecule has 0 atom stereocenters. The number of methoxy groups -OCH3 is 2. The van der Waals surface area contributed by atoms with E-state index in [2.05, 4.69) is 4.74 Å². The van der Waals surface area contributed by atoms with Crippen molar-refractivity contribution in [1.82, 2.24) is 4.57 Å². The summed E-state index contributed by atoms with van der Waals surface area (Å²) in [5.74, 6) is -0.291. The Balaban J connectivity index is 2.81. The van der Waals surface area contributed by atoms with E-state index < -0.39 is 0 Å². The molecule has 1 aromatic rings. The smallest absolute Gasteiger partial charge is 0.311 e.